The molecule has 0 spiro atoms. The number of imidazole rings is 1. The van der Waals surface area contributed by atoms with E-state index in [1.54, 1.807) is 0 Å². The number of nitrogens with zero attached hydrogens (tertiary/aromatic N) is 3. The van der Waals surface area contributed by atoms with E-state index in [1.807, 2.05) is 18.7 Å². The maximum absolute atomic E-state index is 4.08. The van der Waals surface area contributed by atoms with Crippen LogP contribution in [0.25, 0.3) is 0 Å². The minimum atomic E-state index is 0.494. The number of likely N-dealkylation sites (tertiary alicyclic amines) is 1. The summed E-state index contributed by atoms with van der Waals surface area (Å²) in [6, 6.07) is 1.10. The van der Waals surface area contributed by atoms with E-state index >= 15 is 0 Å². The van der Waals surface area contributed by atoms with Crippen molar-refractivity contribution in [3.63, 3.8) is 0 Å². The Balaban J connectivity index is 1.74. The third-order valence-electron chi connectivity index (χ3n) is 4.06. The molecular formula is C14H26N4. The van der Waals surface area contributed by atoms with Gasteiger partial charge < -0.3 is 14.8 Å². The number of aromatic nitrogens is 2. The Bertz CT molecular complexity index is 328. The standard InChI is InChI=1S/C14H26N4/c1-12(10-18-9-6-15-11-18)16-13(2)14-4-7-17(3)8-5-14/h6,9,11-14,16H,4-5,7-8,10H2,1-3H3. The van der Waals surface area contributed by atoms with E-state index in [0.717, 1.165) is 12.5 Å². The van der Waals surface area contributed by atoms with Crippen LogP contribution in [0.3, 0.4) is 0 Å². The maximum Gasteiger partial charge on any atom is 0.0946 e. The lowest BCUT2D eigenvalue weighted by Gasteiger charge is -2.34. The van der Waals surface area contributed by atoms with Crippen molar-refractivity contribution >= 4 is 0 Å². The van der Waals surface area contributed by atoms with Gasteiger partial charge in [-0.15, -0.1) is 0 Å². The highest BCUT2D eigenvalue weighted by Crippen LogP contribution is 2.19. The molecule has 2 rings (SSSR count). The minimum Gasteiger partial charge on any atom is -0.336 e. The Labute approximate surface area is 110 Å². The molecule has 1 N–H and O–H groups in total. The van der Waals surface area contributed by atoms with Gasteiger partial charge in [0.2, 0.25) is 0 Å². The zero-order valence-electron chi connectivity index (χ0n) is 11.8. The summed E-state index contributed by atoms with van der Waals surface area (Å²) >= 11 is 0. The van der Waals surface area contributed by atoms with E-state index in [9.17, 15) is 0 Å². The van der Waals surface area contributed by atoms with Crippen molar-refractivity contribution < 1.29 is 0 Å². The molecule has 1 aliphatic rings. The highest BCUT2D eigenvalue weighted by Gasteiger charge is 2.22. The van der Waals surface area contributed by atoms with Crippen LogP contribution in [0.2, 0.25) is 0 Å². The summed E-state index contributed by atoms with van der Waals surface area (Å²) in [6.45, 7) is 8.07. The second kappa shape index (κ2) is 6.34. The summed E-state index contributed by atoms with van der Waals surface area (Å²) < 4.78 is 2.14. The molecule has 18 heavy (non-hydrogen) atoms. The average molecular weight is 250 g/mol. The highest BCUT2D eigenvalue weighted by atomic mass is 15.1. The fourth-order valence-electron chi connectivity index (χ4n) is 2.88. The Hall–Kier alpha value is -0.870. The Morgan fingerprint density at radius 3 is 2.67 bits per heavy atom. The van der Waals surface area contributed by atoms with Gasteiger partial charge in [-0.3, -0.25) is 0 Å². The fourth-order valence-corrected chi connectivity index (χ4v) is 2.88. The normalized spacial score (nSPS) is 21.9. The quantitative estimate of drug-likeness (QED) is 0.861. The van der Waals surface area contributed by atoms with Gasteiger partial charge in [0.05, 0.1) is 6.33 Å². The lowest BCUT2D eigenvalue weighted by Crippen LogP contribution is -2.45. The largest absolute Gasteiger partial charge is 0.336 e. The Morgan fingerprint density at radius 2 is 2.06 bits per heavy atom. The van der Waals surface area contributed by atoms with Gasteiger partial charge in [0.1, 0.15) is 0 Å². The summed E-state index contributed by atoms with van der Waals surface area (Å²) in [5, 5.41) is 3.74. The summed E-state index contributed by atoms with van der Waals surface area (Å²) in [6.07, 6.45) is 8.40. The third-order valence-corrected chi connectivity index (χ3v) is 4.06. The Morgan fingerprint density at radius 1 is 1.33 bits per heavy atom. The molecule has 0 aromatic carbocycles. The molecule has 1 aromatic heterocycles. The molecule has 4 nitrogen and oxygen atoms in total. The van der Waals surface area contributed by atoms with E-state index in [-0.39, 0.29) is 0 Å². The van der Waals surface area contributed by atoms with Gasteiger partial charge in [-0.2, -0.15) is 0 Å². The van der Waals surface area contributed by atoms with Crippen molar-refractivity contribution in [1.29, 1.82) is 0 Å². The number of rotatable bonds is 5. The first-order valence-electron chi connectivity index (χ1n) is 7.05. The predicted molar refractivity (Wildman–Crippen MR) is 74.5 cm³/mol. The summed E-state index contributed by atoms with van der Waals surface area (Å²) in [7, 11) is 2.22. The van der Waals surface area contributed by atoms with Crippen LogP contribution in [0.4, 0.5) is 0 Å². The van der Waals surface area contributed by atoms with Crippen molar-refractivity contribution in [2.24, 2.45) is 5.92 Å². The van der Waals surface area contributed by atoms with E-state index in [0.29, 0.717) is 12.1 Å². The molecule has 0 radical (unpaired) electrons. The number of piperidine rings is 1. The van der Waals surface area contributed by atoms with E-state index in [4.69, 9.17) is 0 Å². The predicted octanol–water partition coefficient (Wildman–Crippen LogP) is 1.59. The molecule has 2 unspecified atom stereocenters. The van der Waals surface area contributed by atoms with Crippen molar-refractivity contribution in [3.8, 4) is 0 Å². The van der Waals surface area contributed by atoms with Crippen molar-refractivity contribution in [2.45, 2.75) is 45.3 Å². The van der Waals surface area contributed by atoms with Gasteiger partial charge >= 0.3 is 0 Å². The molecule has 1 saturated heterocycles. The van der Waals surface area contributed by atoms with Gasteiger partial charge in [-0.25, -0.2) is 4.98 Å². The number of hydrogen-bond donors (Lipinski definition) is 1. The first-order valence-corrected chi connectivity index (χ1v) is 7.05. The molecule has 2 atom stereocenters. The summed E-state index contributed by atoms with van der Waals surface area (Å²) in [5.41, 5.74) is 0. The van der Waals surface area contributed by atoms with Crippen LogP contribution in [-0.2, 0) is 6.54 Å². The zero-order chi connectivity index (χ0) is 13.0. The van der Waals surface area contributed by atoms with Crippen molar-refractivity contribution in [1.82, 2.24) is 19.8 Å². The molecule has 0 saturated carbocycles. The summed E-state index contributed by atoms with van der Waals surface area (Å²) in [4.78, 5) is 6.51. The van der Waals surface area contributed by atoms with Crippen LogP contribution in [-0.4, -0.2) is 46.7 Å². The molecule has 0 amide bonds. The van der Waals surface area contributed by atoms with Gasteiger partial charge in [-0.1, -0.05) is 0 Å². The van der Waals surface area contributed by atoms with Crippen LogP contribution in [0, 0.1) is 5.92 Å². The van der Waals surface area contributed by atoms with E-state index in [2.05, 4.69) is 40.7 Å². The first kappa shape index (κ1) is 13.6. The van der Waals surface area contributed by atoms with Crippen LogP contribution in [0.15, 0.2) is 18.7 Å². The number of nitrogens with one attached hydrogen (secondary N) is 1. The maximum atomic E-state index is 4.08. The number of hydrogen-bond acceptors (Lipinski definition) is 3. The van der Waals surface area contributed by atoms with Gasteiger partial charge in [0.15, 0.2) is 0 Å². The second-order valence-corrected chi connectivity index (χ2v) is 5.76. The fraction of sp³-hybridized carbons (Fsp3) is 0.786. The zero-order valence-corrected chi connectivity index (χ0v) is 11.8. The molecule has 0 aliphatic carbocycles. The van der Waals surface area contributed by atoms with Crippen LogP contribution in [0.5, 0.6) is 0 Å². The SMILES string of the molecule is CC(Cn1ccnc1)NC(C)C1CCN(C)CC1. The lowest BCUT2D eigenvalue weighted by atomic mass is 9.90. The molecule has 2 heterocycles. The summed E-state index contributed by atoms with van der Waals surface area (Å²) in [5.74, 6) is 0.825. The van der Waals surface area contributed by atoms with Crippen molar-refractivity contribution in [3.05, 3.63) is 18.7 Å². The smallest absolute Gasteiger partial charge is 0.0946 e. The highest BCUT2D eigenvalue weighted by molar-refractivity contribution is 4.82. The first-order chi connectivity index (χ1) is 8.65. The third kappa shape index (κ3) is 3.82. The second-order valence-electron chi connectivity index (χ2n) is 5.76. The van der Waals surface area contributed by atoms with Crippen molar-refractivity contribution in [2.75, 3.05) is 20.1 Å². The molecule has 1 aromatic rings. The van der Waals surface area contributed by atoms with Crippen LogP contribution in [0.1, 0.15) is 26.7 Å². The molecule has 1 aliphatic heterocycles. The minimum absolute atomic E-state index is 0.494. The lowest BCUT2D eigenvalue weighted by molar-refractivity contribution is 0.183. The van der Waals surface area contributed by atoms with Gasteiger partial charge in [-0.05, 0) is 52.7 Å². The molecular weight excluding hydrogens is 224 g/mol. The van der Waals surface area contributed by atoms with E-state index in [1.165, 1.54) is 25.9 Å². The van der Waals surface area contributed by atoms with Crippen LogP contribution >= 0.6 is 0 Å². The Kier molecular flexibility index (Phi) is 4.78. The average Bonchev–Trinajstić information content (AvgIpc) is 2.82. The molecule has 102 valence electrons. The van der Waals surface area contributed by atoms with E-state index < -0.39 is 0 Å². The monoisotopic (exact) mass is 250 g/mol. The molecule has 4 heteroatoms. The van der Waals surface area contributed by atoms with Crippen LogP contribution < -0.4 is 5.32 Å². The topological polar surface area (TPSA) is 33.1 Å². The molecule has 0 bridgehead atoms. The van der Waals surface area contributed by atoms with Gasteiger partial charge in [0.25, 0.3) is 0 Å². The molecule has 1 fully saturated rings. The van der Waals surface area contributed by atoms with Gasteiger partial charge in [0, 0.05) is 31.0 Å².